The van der Waals surface area contributed by atoms with E-state index in [2.05, 4.69) is 0 Å². The van der Waals surface area contributed by atoms with Crippen molar-refractivity contribution in [3.63, 3.8) is 0 Å². The van der Waals surface area contributed by atoms with Gasteiger partial charge in [0.05, 0.1) is 49.6 Å². The van der Waals surface area contributed by atoms with Gasteiger partial charge in [-0.3, -0.25) is 10.1 Å². The fraction of sp³-hybridized carbons (Fsp3) is 0.500. The van der Waals surface area contributed by atoms with E-state index in [0.29, 0.717) is 13.2 Å². The molecular weight excluding hydrogens is 271 g/mol. The molecule has 0 amide bonds. The van der Waals surface area contributed by atoms with Gasteiger partial charge in [-0.15, -0.1) is 0 Å². The Bertz CT molecular complexity index is 511. The molecule has 1 aromatic rings. The minimum atomic E-state index is -0.724. The highest BCUT2D eigenvalue weighted by Gasteiger charge is 2.28. The number of aliphatic hydroxyl groups is 1. The summed E-state index contributed by atoms with van der Waals surface area (Å²) in [5, 5.41) is 20.1. The van der Waals surface area contributed by atoms with Crippen LogP contribution in [0.25, 0.3) is 0 Å². The average Bonchev–Trinajstić information content (AvgIpc) is 2.46. The van der Waals surface area contributed by atoms with Crippen LogP contribution in [0.5, 0.6) is 5.75 Å². The van der Waals surface area contributed by atoms with Crippen molar-refractivity contribution < 1.29 is 23.9 Å². The van der Waals surface area contributed by atoms with Gasteiger partial charge in [-0.2, -0.15) is 0 Å². The summed E-state index contributed by atoms with van der Waals surface area (Å²) in [5.41, 5.74) is -0.266. The highest BCUT2D eigenvalue weighted by Crippen LogP contribution is 2.35. The first-order valence-corrected chi connectivity index (χ1v) is 6.05. The van der Waals surface area contributed by atoms with Gasteiger partial charge in [-0.1, -0.05) is 0 Å². The standard InChI is InChI=1S/C12H15FN2O5/c1-19-12-5-10(9(13)4-11(12)15(17)18)14-2-3-20-7-8(14)6-16/h4-5,8,16H,2-3,6-7H2,1H3. The van der Waals surface area contributed by atoms with Crippen molar-refractivity contribution in [2.45, 2.75) is 6.04 Å². The lowest BCUT2D eigenvalue weighted by Crippen LogP contribution is -2.48. The van der Waals surface area contributed by atoms with Crippen molar-refractivity contribution in [3.8, 4) is 5.75 Å². The van der Waals surface area contributed by atoms with Crippen LogP contribution in [0.1, 0.15) is 0 Å². The van der Waals surface area contributed by atoms with E-state index in [0.717, 1.165) is 6.07 Å². The number of nitro benzene ring substituents is 1. The Kier molecular flexibility index (Phi) is 4.35. The molecule has 1 aliphatic heterocycles. The van der Waals surface area contributed by atoms with Gasteiger partial charge in [-0.25, -0.2) is 4.39 Å². The van der Waals surface area contributed by atoms with Crippen molar-refractivity contribution in [3.05, 3.63) is 28.1 Å². The molecule has 1 unspecified atom stereocenters. The lowest BCUT2D eigenvalue weighted by molar-refractivity contribution is -0.385. The van der Waals surface area contributed by atoms with Gasteiger partial charge in [0.1, 0.15) is 0 Å². The van der Waals surface area contributed by atoms with Gasteiger partial charge >= 0.3 is 5.69 Å². The largest absolute Gasteiger partial charge is 0.490 e. The molecule has 0 aromatic heterocycles. The number of nitrogens with zero attached hydrogens (tertiary/aromatic N) is 2. The number of hydrogen-bond acceptors (Lipinski definition) is 6. The summed E-state index contributed by atoms with van der Waals surface area (Å²) in [4.78, 5) is 11.8. The Morgan fingerprint density at radius 3 is 3.00 bits per heavy atom. The molecule has 7 nitrogen and oxygen atoms in total. The Morgan fingerprint density at radius 1 is 1.65 bits per heavy atom. The number of hydrogen-bond donors (Lipinski definition) is 1. The molecule has 110 valence electrons. The Hall–Kier alpha value is -1.93. The molecule has 1 aliphatic rings. The number of benzene rings is 1. The van der Waals surface area contributed by atoms with Crippen molar-refractivity contribution in [1.82, 2.24) is 0 Å². The third-order valence-corrected chi connectivity index (χ3v) is 3.19. The Labute approximate surface area is 114 Å². The second kappa shape index (κ2) is 6.02. The lowest BCUT2D eigenvalue weighted by atomic mass is 10.1. The normalized spacial score (nSPS) is 18.9. The quantitative estimate of drug-likeness (QED) is 0.655. The third-order valence-electron chi connectivity index (χ3n) is 3.19. The second-order valence-electron chi connectivity index (χ2n) is 4.34. The number of rotatable bonds is 4. The minimum absolute atomic E-state index is 0.0189. The summed E-state index contributed by atoms with van der Waals surface area (Å²) in [6.07, 6.45) is 0. The molecule has 0 bridgehead atoms. The first-order valence-electron chi connectivity index (χ1n) is 6.05. The first kappa shape index (κ1) is 14.5. The maximum Gasteiger partial charge on any atom is 0.313 e. The van der Waals surface area contributed by atoms with E-state index in [4.69, 9.17) is 9.47 Å². The zero-order valence-corrected chi connectivity index (χ0v) is 10.9. The number of nitro groups is 1. The molecular formula is C12H15FN2O5. The monoisotopic (exact) mass is 286 g/mol. The maximum atomic E-state index is 14.1. The highest BCUT2D eigenvalue weighted by molar-refractivity contribution is 5.61. The predicted octanol–water partition coefficient (Wildman–Crippen LogP) is 0.940. The lowest BCUT2D eigenvalue weighted by Gasteiger charge is -2.36. The average molecular weight is 286 g/mol. The Morgan fingerprint density at radius 2 is 2.40 bits per heavy atom. The first-order chi connectivity index (χ1) is 9.58. The van der Waals surface area contributed by atoms with E-state index in [1.807, 2.05) is 0 Å². The van der Waals surface area contributed by atoms with Crippen LogP contribution >= 0.6 is 0 Å². The van der Waals surface area contributed by atoms with Crippen molar-refractivity contribution in [2.24, 2.45) is 0 Å². The van der Waals surface area contributed by atoms with Crippen LogP contribution < -0.4 is 9.64 Å². The molecule has 1 aromatic carbocycles. The van der Waals surface area contributed by atoms with Crippen LogP contribution in [0.4, 0.5) is 15.8 Å². The van der Waals surface area contributed by atoms with E-state index < -0.39 is 16.4 Å². The van der Waals surface area contributed by atoms with Gasteiger partial charge in [0.15, 0.2) is 11.6 Å². The SMILES string of the molecule is COc1cc(N2CCOCC2CO)c(F)cc1[N+](=O)[O-]. The van der Waals surface area contributed by atoms with Gasteiger partial charge < -0.3 is 19.5 Å². The van der Waals surface area contributed by atoms with Crippen LogP contribution in [0, 0.1) is 15.9 Å². The second-order valence-corrected chi connectivity index (χ2v) is 4.34. The van der Waals surface area contributed by atoms with Crippen LogP contribution in [-0.4, -0.2) is 49.5 Å². The fourth-order valence-electron chi connectivity index (χ4n) is 2.18. The maximum absolute atomic E-state index is 14.1. The highest BCUT2D eigenvalue weighted by atomic mass is 19.1. The molecule has 1 N–H and O–H groups in total. The van der Waals surface area contributed by atoms with Gasteiger partial charge in [0, 0.05) is 12.6 Å². The molecule has 2 rings (SSSR count). The molecule has 1 fully saturated rings. The number of morpholine rings is 1. The summed E-state index contributed by atoms with van der Waals surface area (Å²) in [6.45, 7) is 0.867. The van der Waals surface area contributed by atoms with E-state index in [-0.39, 0.29) is 30.7 Å². The van der Waals surface area contributed by atoms with E-state index in [9.17, 15) is 19.6 Å². The summed E-state index contributed by atoms with van der Waals surface area (Å²) >= 11 is 0. The van der Waals surface area contributed by atoms with Crippen LogP contribution in [-0.2, 0) is 4.74 Å². The number of methoxy groups -OCH3 is 1. The zero-order chi connectivity index (χ0) is 14.7. The summed E-state index contributed by atoms with van der Waals surface area (Å²) in [6, 6.07) is 1.73. The van der Waals surface area contributed by atoms with Gasteiger partial charge in [-0.05, 0) is 0 Å². The van der Waals surface area contributed by atoms with E-state index in [1.165, 1.54) is 13.2 Å². The van der Waals surface area contributed by atoms with Crippen LogP contribution in [0.15, 0.2) is 12.1 Å². The summed E-state index contributed by atoms with van der Waals surface area (Å²) in [5.74, 6) is -0.743. The molecule has 0 saturated carbocycles. The van der Waals surface area contributed by atoms with E-state index in [1.54, 1.807) is 4.90 Å². The van der Waals surface area contributed by atoms with Crippen molar-refractivity contribution in [2.75, 3.05) is 38.4 Å². The molecule has 1 saturated heterocycles. The number of aliphatic hydroxyl groups excluding tert-OH is 1. The van der Waals surface area contributed by atoms with Crippen LogP contribution in [0.2, 0.25) is 0 Å². The van der Waals surface area contributed by atoms with E-state index >= 15 is 0 Å². The number of halogens is 1. The summed E-state index contributed by atoms with van der Waals surface area (Å²) < 4.78 is 24.2. The smallest absolute Gasteiger partial charge is 0.313 e. The van der Waals surface area contributed by atoms with Crippen molar-refractivity contribution >= 4 is 11.4 Å². The fourth-order valence-corrected chi connectivity index (χ4v) is 2.18. The topological polar surface area (TPSA) is 85.1 Å². The number of ether oxygens (including phenoxy) is 2. The Balaban J connectivity index is 2.43. The minimum Gasteiger partial charge on any atom is -0.490 e. The van der Waals surface area contributed by atoms with Crippen LogP contribution in [0.3, 0.4) is 0 Å². The molecule has 20 heavy (non-hydrogen) atoms. The molecule has 1 atom stereocenters. The van der Waals surface area contributed by atoms with Gasteiger partial charge in [0.25, 0.3) is 0 Å². The third kappa shape index (κ3) is 2.66. The van der Waals surface area contributed by atoms with Gasteiger partial charge in [0.2, 0.25) is 0 Å². The van der Waals surface area contributed by atoms with Crippen molar-refractivity contribution in [1.29, 1.82) is 0 Å². The molecule has 0 spiro atoms. The molecule has 0 radical (unpaired) electrons. The molecule has 8 heteroatoms. The molecule has 0 aliphatic carbocycles. The predicted molar refractivity (Wildman–Crippen MR) is 68.6 cm³/mol. The molecule has 1 heterocycles. The summed E-state index contributed by atoms with van der Waals surface area (Å²) in [7, 11) is 1.28. The zero-order valence-electron chi connectivity index (χ0n) is 10.9. The number of anilines is 1.